The summed E-state index contributed by atoms with van der Waals surface area (Å²) < 4.78 is 5.80. The van der Waals surface area contributed by atoms with E-state index in [9.17, 15) is 0 Å². The Morgan fingerprint density at radius 2 is 2.00 bits per heavy atom. The van der Waals surface area contributed by atoms with E-state index in [1.165, 1.54) is 0 Å². The molecular formula is C16H21ClO. The molecule has 1 aromatic carbocycles. The summed E-state index contributed by atoms with van der Waals surface area (Å²) in [4.78, 5) is 0. The van der Waals surface area contributed by atoms with Gasteiger partial charge >= 0.3 is 0 Å². The number of halogens is 1. The van der Waals surface area contributed by atoms with Gasteiger partial charge in [0.15, 0.2) is 0 Å². The number of ether oxygens (including phenoxy) is 1. The van der Waals surface area contributed by atoms with Crippen LogP contribution in [-0.4, -0.2) is 12.5 Å². The molecule has 0 aliphatic rings. The van der Waals surface area contributed by atoms with Crippen molar-refractivity contribution in [3.05, 3.63) is 29.3 Å². The van der Waals surface area contributed by atoms with Crippen LogP contribution in [0.4, 0.5) is 0 Å². The van der Waals surface area contributed by atoms with Gasteiger partial charge in [-0.3, -0.25) is 0 Å². The predicted octanol–water partition coefficient (Wildman–Crippen LogP) is 4.40. The molecule has 1 nitrogen and oxygen atoms in total. The highest BCUT2D eigenvalue weighted by atomic mass is 35.5. The van der Waals surface area contributed by atoms with Gasteiger partial charge in [0.25, 0.3) is 0 Å². The second-order valence-electron chi connectivity index (χ2n) is 5.57. The molecule has 0 aliphatic carbocycles. The van der Waals surface area contributed by atoms with Gasteiger partial charge in [-0.05, 0) is 42.5 Å². The van der Waals surface area contributed by atoms with Crippen LogP contribution in [-0.2, 0) is 0 Å². The van der Waals surface area contributed by atoms with E-state index >= 15 is 0 Å². The molecule has 0 heterocycles. The lowest BCUT2D eigenvalue weighted by Crippen LogP contribution is -2.11. The van der Waals surface area contributed by atoms with Crippen molar-refractivity contribution in [3.63, 3.8) is 0 Å². The van der Waals surface area contributed by atoms with E-state index in [4.69, 9.17) is 16.3 Å². The molecule has 0 saturated heterocycles. The Bertz CT molecular complexity index is 446. The number of rotatable bonds is 3. The van der Waals surface area contributed by atoms with Crippen LogP contribution in [0.1, 0.15) is 38.3 Å². The molecule has 0 N–H and O–H groups in total. The van der Waals surface area contributed by atoms with Crippen LogP contribution < -0.4 is 4.74 Å². The molecule has 0 aliphatic heterocycles. The molecule has 1 aromatic rings. The maximum absolute atomic E-state index is 5.80. The van der Waals surface area contributed by atoms with Crippen molar-refractivity contribution >= 4 is 11.6 Å². The third-order valence-electron chi connectivity index (χ3n) is 2.58. The lowest BCUT2D eigenvalue weighted by Gasteiger charge is -2.18. The van der Waals surface area contributed by atoms with Crippen molar-refractivity contribution in [1.82, 2.24) is 0 Å². The Labute approximate surface area is 115 Å². The second kappa shape index (κ2) is 6.71. The first-order chi connectivity index (χ1) is 8.42. The first kappa shape index (κ1) is 14.9. The highest BCUT2D eigenvalue weighted by Gasteiger charge is 2.10. The van der Waals surface area contributed by atoms with E-state index in [0.29, 0.717) is 11.3 Å². The minimum atomic E-state index is 0.305. The van der Waals surface area contributed by atoms with Gasteiger partial charge in [-0.2, -0.15) is 0 Å². The van der Waals surface area contributed by atoms with Crippen LogP contribution >= 0.6 is 11.6 Å². The van der Waals surface area contributed by atoms with Crippen LogP contribution in [0, 0.1) is 24.2 Å². The van der Waals surface area contributed by atoms with E-state index in [-0.39, 0.29) is 0 Å². The standard InChI is InChI=1S/C16H21ClO/c1-13-12-14(6-5-10-17)7-8-15(13)18-11-9-16(2,3)4/h7-8,12H,9-11H2,1-4H3. The normalized spacial score (nSPS) is 10.7. The number of alkyl halides is 1. The van der Waals surface area contributed by atoms with Crippen molar-refractivity contribution in [1.29, 1.82) is 0 Å². The Hall–Kier alpha value is -1.13. The lowest BCUT2D eigenvalue weighted by molar-refractivity contribution is 0.242. The second-order valence-corrected chi connectivity index (χ2v) is 5.84. The fraction of sp³-hybridized carbons (Fsp3) is 0.500. The van der Waals surface area contributed by atoms with Gasteiger partial charge in [-0.15, -0.1) is 11.6 Å². The summed E-state index contributed by atoms with van der Waals surface area (Å²) in [5, 5.41) is 0. The predicted molar refractivity (Wildman–Crippen MR) is 78.3 cm³/mol. The van der Waals surface area contributed by atoms with Gasteiger partial charge < -0.3 is 4.74 Å². The van der Waals surface area contributed by atoms with Gasteiger partial charge in [0.2, 0.25) is 0 Å². The molecule has 0 unspecified atom stereocenters. The summed E-state index contributed by atoms with van der Waals surface area (Å²) in [7, 11) is 0. The third kappa shape index (κ3) is 5.47. The molecule has 0 spiro atoms. The van der Waals surface area contributed by atoms with Crippen LogP contribution in [0.25, 0.3) is 0 Å². The van der Waals surface area contributed by atoms with Crippen molar-refractivity contribution in [2.45, 2.75) is 34.1 Å². The summed E-state index contributed by atoms with van der Waals surface area (Å²) in [6.45, 7) is 9.44. The van der Waals surface area contributed by atoms with E-state index in [2.05, 4.69) is 32.6 Å². The molecule has 0 bridgehead atoms. The maximum Gasteiger partial charge on any atom is 0.122 e. The summed E-state index contributed by atoms with van der Waals surface area (Å²) in [5.41, 5.74) is 2.40. The largest absolute Gasteiger partial charge is 0.493 e. The summed E-state index contributed by atoms with van der Waals surface area (Å²) >= 11 is 5.54. The molecule has 0 saturated carbocycles. The number of benzene rings is 1. The zero-order valence-corrected chi connectivity index (χ0v) is 12.4. The minimum absolute atomic E-state index is 0.305. The molecule has 1 rings (SSSR count). The Morgan fingerprint density at radius 3 is 2.56 bits per heavy atom. The van der Waals surface area contributed by atoms with Crippen molar-refractivity contribution in [2.24, 2.45) is 5.41 Å². The average Bonchev–Trinajstić information content (AvgIpc) is 2.27. The van der Waals surface area contributed by atoms with Gasteiger partial charge in [0, 0.05) is 5.56 Å². The van der Waals surface area contributed by atoms with Gasteiger partial charge in [0.05, 0.1) is 12.5 Å². The molecule has 0 atom stereocenters. The first-order valence-electron chi connectivity index (χ1n) is 6.21. The van der Waals surface area contributed by atoms with Crippen LogP contribution in [0.15, 0.2) is 18.2 Å². The quantitative estimate of drug-likeness (QED) is 0.581. The zero-order chi connectivity index (χ0) is 13.6. The molecule has 2 heteroatoms. The number of hydrogen-bond acceptors (Lipinski definition) is 1. The zero-order valence-electron chi connectivity index (χ0n) is 11.6. The smallest absolute Gasteiger partial charge is 0.122 e. The third-order valence-corrected chi connectivity index (χ3v) is 2.72. The van der Waals surface area contributed by atoms with E-state index < -0.39 is 0 Å². The van der Waals surface area contributed by atoms with Crippen LogP contribution in [0.2, 0.25) is 0 Å². The molecule has 0 amide bonds. The fourth-order valence-electron chi connectivity index (χ4n) is 1.49. The van der Waals surface area contributed by atoms with Gasteiger partial charge in [-0.1, -0.05) is 32.6 Å². The Morgan fingerprint density at radius 1 is 1.28 bits per heavy atom. The lowest BCUT2D eigenvalue weighted by atomic mass is 9.93. The van der Waals surface area contributed by atoms with E-state index in [1.54, 1.807) is 0 Å². The topological polar surface area (TPSA) is 9.23 Å². The van der Waals surface area contributed by atoms with Crippen molar-refractivity contribution in [2.75, 3.05) is 12.5 Å². The number of aryl methyl sites for hydroxylation is 1. The van der Waals surface area contributed by atoms with E-state index in [1.807, 2.05) is 25.1 Å². The molecule has 18 heavy (non-hydrogen) atoms. The fourth-order valence-corrected chi connectivity index (χ4v) is 1.56. The summed E-state index contributed by atoms with van der Waals surface area (Å²) in [5.74, 6) is 7.16. The first-order valence-corrected chi connectivity index (χ1v) is 6.74. The summed E-state index contributed by atoms with van der Waals surface area (Å²) in [6, 6.07) is 5.99. The highest BCUT2D eigenvalue weighted by Crippen LogP contribution is 2.22. The maximum atomic E-state index is 5.80. The molecule has 0 aromatic heterocycles. The SMILES string of the molecule is Cc1cc(C#CCCl)ccc1OCCC(C)(C)C. The highest BCUT2D eigenvalue weighted by molar-refractivity contribution is 6.19. The molecular weight excluding hydrogens is 244 g/mol. The van der Waals surface area contributed by atoms with Crippen LogP contribution in [0.5, 0.6) is 5.75 Å². The Balaban J connectivity index is 2.63. The summed E-state index contributed by atoms with van der Waals surface area (Å²) in [6.07, 6.45) is 1.04. The molecule has 0 radical (unpaired) electrons. The van der Waals surface area contributed by atoms with E-state index in [0.717, 1.165) is 29.9 Å². The van der Waals surface area contributed by atoms with Crippen molar-refractivity contribution < 1.29 is 4.74 Å². The molecule has 0 fully saturated rings. The average molecular weight is 265 g/mol. The minimum Gasteiger partial charge on any atom is -0.493 e. The Kier molecular flexibility index (Phi) is 5.56. The van der Waals surface area contributed by atoms with Gasteiger partial charge in [0.1, 0.15) is 5.75 Å². The van der Waals surface area contributed by atoms with Gasteiger partial charge in [-0.25, -0.2) is 0 Å². The number of hydrogen-bond donors (Lipinski definition) is 0. The monoisotopic (exact) mass is 264 g/mol. The van der Waals surface area contributed by atoms with Crippen LogP contribution in [0.3, 0.4) is 0 Å². The van der Waals surface area contributed by atoms with Crippen molar-refractivity contribution in [3.8, 4) is 17.6 Å². The molecule has 98 valence electrons.